The Morgan fingerprint density at radius 1 is 1.28 bits per heavy atom. The van der Waals surface area contributed by atoms with Crippen molar-refractivity contribution < 1.29 is 9.53 Å². The second-order valence-electron chi connectivity index (χ2n) is 5.81. The van der Waals surface area contributed by atoms with Crippen LogP contribution in [0.25, 0.3) is 0 Å². The highest BCUT2D eigenvalue weighted by Gasteiger charge is 2.36. The minimum absolute atomic E-state index is 0.249. The largest absolute Gasteiger partial charge is 0.457 e. The quantitative estimate of drug-likeness (QED) is 0.599. The van der Waals surface area contributed by atoms with Gasteiger partial charge in [0.15, 0.2) is 0 Å². The molecule has 0 aromatic heterocycles. The lowest BCUT2D eigenvalue weighted by molar-refractivity contribution is -0.148. The van der Waals surface area contributed by atoms with Gasteiger partial charge in [-0.2, -0.15) is 0 Å². The molecule has 2 atom stereocenters. The maximum absolute atomic E-state index is 11.5. The van der Waals surface area contributed by atoms with Crippen LogP contribution >= 0.6 is 0 Å². The number of carbonyl (C=O) groups excluding carboxylic acids is 1. The molecule has 0 heterocycles. The molecule has 1 saturated carbocycles. The Balaban J connectivity index is 1.85. The molecule has 2 heteroatoms. The normalized spacial score (nSPS) is 23.1. The number of ether oxygens (including phenoxy) is 1. The summed E-state index contributed by atoms with van der Waals surface area (Å²) in [5.74, 6) is 0.811. The Morgan fingerprint density at radius 2 is 1.94 bits per heavy atom. The molecule has 1 aromatic rings. The van der Waals surface area contributed by atoms with Gasteiger partial charge in [0.1, 0.15) is 5.60 Å². The fourth-order valence-corrected chi connectivity index (χ4v) is 2.05. The zero-order chi connectivity index (χ0) is 13.2. The average Bonchev–Trinajstić information content (AvgIpc) is 3.05. The number of hydrogen-bond acceptors (Lipinski definition) is 2. The van der Waals surface area contributed by atoms with Crippen molar-refractivity contribution in [2.24, 2.45) is 5.92 Å². The third-order valence-corrected chi connectivity index (χ3v) is 2.95. The predicted octanol–water partition coefficient (Wildman–Crippen LogP) is 3.69. The monoisotopic (exact) mass is 244 g/mol. The lowest BCUT2D eigenvalue weighted by Crippen LogP contribution is -2.22. The first-order chi connectivity index (χ1) is 8.46. The second kappa shape index (κ2) is 4.97. The van der Waals surface area contributed by atoms with Crippen molar-refractivity contribution in [1.82, 2.24) is 0 Å². The molecule has 2 nitrogen and oxygen atoms in total. The van der Waals surface area contributed by atoms with Crippen LogP contribution in [0.3, 0.4) is 0 Å². The summed E-state index contributed by atoms with van der Waals surface area (Å²) in [7, 11) is 0. The fraction of sp³-hybridized carbons (Fsp3) is 0.438. The maximum atomic E-state index is 11.5. The van der Waals surface area contributed by atoms with Gasteiger partial charge in [0.05, 0.1) is 0 Å². The Bertz CT molecular complexity index is 440. The standard InChI is InChI=1S/C16H20O2/c1-16(2,3)18-15(17)10-9-13-11-14(13)12-7-5-4-6-8-12/h4-10,13-14H,11H2,1-3H3/b10-9+/t13-,14-/m0/s1. The lowest BCUT2D eigenvalue weighted by Gasteiger charge is -2.17. The van der Waals surface area contributed by atoms with E-state index in [1.165, 1.54) is 5.56 Å². The van der Waals surface area contributed by atoms with E-state index in [9.17, 15) is 4.79 Å². The molecular weight excluding hydrogens is 224 g/mol. The average molecular weight is 244 g/mol. The van der Waals surface area contributed by atoms with Gasteiger partial charge in [-0.15, -0.1) is 0 Å². The summed E-state index contributed by atoms with van der Waals surface area (Å²) < 4.78 is 5.23. The topological polar surface area (TPSA) is 26.3 Å². The number of esters is 1. The van der Waals surface area contributed by atoms with Gasteiger partial charge in [-0.05, 0) is 44.6 Å². The van der Waals surface area contributed by atoms with Crippen molar-refractivity contribution in [3.8, 4) is 0 Å². The van der Waals surface area contributed by atoms with E-state index in [2.05, 4.69) is 24.3 Å². The molecule has 96 valence electrons. The molecule has 0 spiro atoms. The minimum Gasteiger partial charge on any atom is -0.457 e. The van der Waals surface area contributed by atoms with Crippen LogP contribution in [0.5, 0.6) is 0 Å². The van der Waals surface area contributed by atoms with Gasteiger partial charge in [-0.3, -0.25) is 0 Å². The molecular formula is C16H20O2. The minimum atomic E-state index is -0.413. The molecule has 1 aliphatic carbocycles. The van der Waals surface area contributed by atoms with E-state index >= 15 is 0 Å². The van der Waals surface area contributed by atoms with Gasteiger partial charge >= 0.3 is 5.97 Å². The van der Waals surface area contributed by atoms with E-state index in [-0.39, 0.29) is 5.97 Å². The van der Waals surface area contributed by atoms with Crippen LogP contribution in [-0.2, 0) is 9.53 Å². The number of benzene rings is 1. The first-order valence-corrected chi connectivity index (χ1v) is 6.42. The zero-order valence-corrected chi connectivity index (χ0v) is 11.2. The molecule has 18 heavy (non-hydrogen) atoms. The van der Waals surface area contributed by atoms with E-state index in [1.807, 2.05) is 32.9 Å². The van der Waals surface area contributed by atoms with Gasteiger partial charge in [-0.1, -0.05) is 36.4 Å². The van der Waals surface area contributed by atoms with Crippen LogP contribution in [0, 0.1) is 5.92 Å². The summed E-state index contributed by atoms with van der Waals surface area (Å²) in [6.45, 7) is 5.63. The third-order valence-electron chi connectivity index (χ3n) is 2.95. The Morgan fingerprint density at radius 3 is 2.56 bits per heavy atom. The second-order valence-corrected chi connectivity index (χ2v) is 5.81. The molecule has 0 N–H and O–H groups in total. The van der Waals surface area contributed by atoms with Gasteiger partial charge in [0.25, 0.3) is 0 Å². The predicted molar refractivity (Wildman–Crippen MR) is 72.3 cm³/mol. The van der Waals surface area contributed by atoms with Crippen molar-refractivity contribution in [3.63, 3.8) is 0 Å². The molecule has 2 rings (SSSR count). The third kappa shape index (κ3) is 3.73. The SMILES string of the molecule is CC(C)(C)OC(=O)/C=C/[C@H]1C[C@H]1c1ccccc1. The first-order valence-electron chi connectivity index (χ1n) is 6.42. The molecule has 0 aliphatic heterocycles. The van der Waals surface area contributed by atoms with E-state index in [4.69, 9.17) is 4.74 Å². The first kappa shape index (κ1) is 12.9. The fourth-order valence-electron chi connectivity index (χ4n) is 2.05. The Labute approximate surface area is 109 Å². The molecule has 0 radical (unpaired) electrons. The van der Waals surface area contributed by atoms with Crippen molar-refractivity contribution in [2.75, 3.05) is 0 Å². The molecule has 1 aliphatic rings. The number of rotatable bonds is 3. The zero-order valence-electron chi connectivity index (χ0n) is 11.2. The summed E-state index contributed by atoms with van der Waals surface area (Å²) in [4.78, 5) is 11.5. The van der Waals surface area contributed by atoms with Gasteiger partial charge in [0.2, 0.25) is 0 Å². The number of allylic oxidation sites excluding steroid dienone is 1. The van der Waals surface area contributed by atoms with Crippen LogP contribution in [-0.4, -0.2) is 11.6 Å². The maximum Gasteiger partial charge on any atom is 0.330 e. The highest BCUT2D eigenvalue weighted by Crippen LogP contribution is 2.48. The Kier molecular flexibility index (Phi) is 3.55. The molecule has 0 bridgehead atoms. The van der Waals surface area contributed by atoms with E-state index in [1.54, 1.807) is 6.08 Å². The van der Waals surface area contributed by atoms with E-state index in [0.717, 1.165) is 6.42 Å². The van der Waals surface area contributed by atoms with Crippen molar-refractivity contribution in [3.05, 3.63) is 48.0 Å². The lowest BCUT2D eigenvalue weighted by atomic mass is 10.1. The van der Waals surface area contributed by atoms with Crippen molar-refractivity contribution >= 4 is 5.97 Å². The van der Waals surface area contributed by atoms with Crippen LogP contribution < -0.4 is 0 Å². The summed E-state index contributed by atoms with van der Waals surface area (Å²) >= 11 is 0. The summed E-state index contributed by atoms with van der Waals surface area (Å²) in [5, 5.41) is 0. The van der Waals surface area contributed by atoms with Crippen LogP contribution in [0.15, 0.2) is 42.5 Å². The summed E-state index contributed by atoms with van der Waals surface area (Å²) in [6.07, 6.45) is 4.67. The van der Waals surface area contributed by atoms with Crippen molar-refractivity contribution in [1.29, 1.82) is 0 Å². The van der Waals surface area contributed by atoms with Gasteiger partial charge < -0.3 is 4.74 Å². The highest BCUT2D eigenvalue weighted by molar-refractivity contribution is 5.82. The molecule has 1 aromatic carbocycles. The number of carbonyl (C=O) groups is 1. The Hall–Kier alpha value is -1.57. The van der Waals surface area contributed by atoms with Gasteiger partial charge in [0, 0.05) is 6.08 Å². The van der Waals surface area contributed by atoms with Crippen molar-refractivity contribution in [2.45, 2.75) is 38.7 Å². The van der Waals surface area contributed by atoms with Crippen LogP contribution in [0.4, 0.5) is 0 Å². The van der Waals surface area contributed by atoms with Crippen LogP contribution in [0.2, 0.25) is 0 Å². The van der Waals surface area contributed by atoms with Gasteiger partial charge in [-0.25, -0.2) is 4.79 Å². The molecule has 0 unspecified atom stereocenters. The molecule has 0 saturated heterocycles. The highest BCUT2D eigenvalue weighted by atomic mass is 16.6. The van der Waals surface area contributed by atoms with E-state index < -0.39 is 5.60 Å². The van der Waals surface area contributed by atoms with E-state index in [0.29, 0.717) is 11.8 Å². The molecule has 0 amide bonds. The number of hydrogen-bond donors (Lipinski definition) is 0. The summed E-state index contributed by atoms with van der Waals surface area (Å²) in [6, 6.07) is 10.4. The smallest absolute Gasteiger partial charge is 0.330 e. The van der Waals surface area contributed by atoms with Crippen LogP contribution in [0.1, 0.15) is 38.7 Å². The summed E-state index contributed by atoms with van der Waals surface area (Å²) in [5.41, 5.74) is 0.945. The molecule has 1 fully saturated rings.